The van der Waals surface area contributed by atoms with Crippen molar-refractivity contribution in [3.63, 3.8) is 0 Å². The van der Waals surface area contributed by atoms with Gasteiger partial charge in [-0.3, -0.25) is 0 Å². The Bertz CT molecular complexity index is 238. The first kappa shape index (κ1) is 6.92. The maximum Gasteiger partial charge on any atom is 0.170 e. The molecule has 0 aromatic rings. The molecule has 2 bridgehead atoms. The molecule has 0 N–H and O–H groups in total. The summed E-state index contributed by atoms with van der Waals surface area (Å²) in [6.45, 7) is 0. The molecule has 0 aromatic carbocycles. The van der Waals surface area contributed by atoms with Gasteiger partial charge in [0, 0.05) is 0 Å². The topological polar surface area (TPSA) is 34.1 Å². The highest BCUT2D eigenvalue weighted by molar-refractivity contribution is 7.94. The third kappa shape index (κ3) is 0.678. The number of hydrogen-bond acceptors (Lipinski definition) is 2. The zero-order valence-corrected chi connectivity index (χ0v) is 7.03. The van der Waals surface area contributed by atoms with Crippen LogP contribution in [0.15, 0.2) is 0 Å². The van der Waals surface area contributed by atoms with Crippen molar-refractivity contribution >= 4 is 21.4 Å². The number of rotatable bonds is 0. The number of alkyl halides is 1. The molecule has 0 amide bonds. The minimum absolute atomic E-state index is 0.0972. The van der Waals surface area contributed by atoms with Crippen LogP contribution in [0.25, 0.3) is 0 Å². The summed E-state index contributed by atoms with van der Waals surface area (Å²) in [7, 11) is -2.90. The SMILES string of the molecule is O=S1(=O)[C@@H]2CC[C@H](C2)[C@@H]1Cl. The quantitative estimate of drug-likeness (QED) is 0.524. The highest BCUT2D eigenvalue weighted by atomic mass is 35.5. The highest BCUT2D eigenvalue weighted by Gasteiger charge is 2.50. The second-order valence-corrected chi connectivity index (χ2v) is 6.22. The molecular weight excluding hydrogens is 172 g/mol. The highest BCUT2D eigenvalue weighted by Crippen LogP contribution is 2.46. The van der Waals surface area contributed by atoms with Crippen molar-refractivity contribution in [3.05, 3.63) is 0 Å². The molecule has 2 rings (SSSR count). The van der Waals surface area contributed by atoms with Crippen LogP contribution in [0.3, 0.4) is 0 Å². The van der Waals surface area contributed by atoms with E-state index in [9.17, 15) is 8.42 Å². The fourth-order valence-electron chi connectivity index (χ4n) is 1.96. The molecule has 2 fully saturated rings. The predicted molar refractivity (Wildman–Crippen MR) is 39.7 cm³/mol. The molecule has 3 atom stereocenters. The molecule has 1 aliphatic carbocycles. The number of halogens is 1. The van der Waals surface area contributed by atoms with Gasteiger partial charge in [-0.25, -0.2) is 8.42 Å². The molecule has 2 nitrogen and oxygen atoms in total. The summed E-state index contributed by atoms with van der Waals surface area (Å²) in [5.41, 5.74) is 0. The lowest BCUT2D eigenvalue weighted by atomic mass is 10.1. The van der Waals surface area contributed by atoms with Crippen molar-refractivity contribution in [1.29, 1.82) is 0 Å². The Morgan fingerprint density at radius 1 is 1.30 bits per heavy atom. The van der Waals surface area contributed by atoms with E-state index in [4.69, 9.17) is 11.6 Å². The average Bonchev–Trinajstić information content (AvgIpc) is 2.37. The second kappa shape index (κ2) is 1.89. The number of sulfone groups is 1. The summed E-state index contributed by atoms with van der Waals surface area (Å²) in [4.78, 5) is 0. The van der Waals surface area contributed by atoms with Gasteiger partial charge in [-0.15, -0.1) is 11.6 Å². The first-order valence-corrected chi connectivity index (χ1v) is 5.54. The van der Waals surface area contributed by atoms with Gasteiger partial charge in [0.2, 0.25) is 0 Å². The summed E-state index contributed by atoms with van der Waals surface area (Å²) in [6, 6.07) is 0. The van der Waals surface area contributed by atoms with Crippen molar-refractivity contribution in [2.24, 2.45) is 5.92 Å². The van der Waals surface area contributed by atoms with E-state index in [-0.39, 0.29) is 11.2 Å². The fourth-order valence-corrected chi connectivity index (χ4v) is 4.76. The van der Waals surface area contributed by atoms with Crippen molar-refractivity contribution < 1.29 is 8.42 Å². The second-order valence-electron chi connectivity index (χ2n) is 3.14. The summed E-state index contributed by atoms with van der Waals surface area (Å²) in [5.74, 6) is 0.261. The molecule has 0 spiro atoms. The number of hydrogen-bond donors (Lipinski definition) is 0. The average molecular weight is 181 g/mol. The van der Waals surface area contributed by atoms with Crippen LogP contribution in [0, 0.1) is 5.92 Å². The molecule has 1 heterocycles. The third-order valence-corrected chi connectivity index (χ3v) is 6.05. The van der Waals surface area contributed by atoms with Gasteiger partial charge >= 0.3 is 0 Å². The molecule has 1 saturated heterocycles. The summed E-state index contributed by atoms with van der Waals surface area (Å²) < 4.78 is 21.9. The lowest BCUT2D eigenvalue weighted by molar-refractivity contribution is 0.555. The maximum atomic E-state index is 11.2. The standard InChI is InChI=1S/C6H9ClO2S/c7-6-4-1-2-5(3-4)10(6,8)9/h4-6H,1-3H2/t4-,5-,6-/m1/s1. The Balaban J connectivity index is 2.43. The van der Waals surface area contributed by atoms with Crippen molar-refractivity contribution in [1.82, 2.24) is 0 Å². The minimum Gasteiger partial charge on any atom is -0.227 e. The summed E-state index contributed by atoms with van der Waals surface area (Å²) in [6.07, 6.45) is 2.67. The van der Waals surface area contributed by atoms with E-state index in [2.05, 4.69) is 0 Å². The van der Waals surface area contributed by atoms with Gasteiger partial charge in [0.05, 0.1) is 5.25 Å². The van der Waals surface area contributed by atoms with E-state index in [0.717, 1.165) is 19.3 Å². The molecule has 0 unspecified atom stereocenters. The Morgan fingerprint density at radius 2 is 2.00 bits per heavy atom. The van der Waals surface area contributed by atoms with Gasteiger partial charge in [-0.1, -0.05) is 0 Å². The van der Waals surface area contributed by atoms with E-state index in [1.807, 2.05) is 0 Å². The maximum absolute atomic E-state index is 11.2. The van der Waals surface area contributed by atoms with Crippen LogP contribution in [-0.2, 0) is 9.84 Å². The Hall–Kier alpha value is 0.240. The van der Waals surface area contributed by atoms with Gasteiger partial charge in [-0.2, -0.15) is 0 Å². The van der Waals surface area contributed by atoms with Gasteiger partial charge < -0.3 is 0 Å². The Labute approximate surface area is 65.5 Å². The molecule has 0 radical (unpaired) electrons. The molecule has 10 heavy (non-hydrogen) atoms. The molecule has 2 aliphatic rings. The van der Waals surface area contributed by atoms with Crippen LogP contribution < -0.4 is 0 Å². The van der Waals surface area contributed by atoms with Crippen molar-refractivity contribution in [2.45, 2.75) is 29.2 Å². The van der Waals surface area contributed by atoms with Crippen LogP contribution in [0.1, 0.15) is 19.3 Å². The Kier molecular flexibility index (Phi) is 1.30. The molecule has 58 valence electrons. The predicted octanol–water partition coefficient (Wildman–Crippen LogP) is 1.15. The van der Waals surface area contributed by atoms with Crippen LogP contribution in [0.4, 0.5) is 0 Å². The smallest absolute Gasteiger partial charge is 0.170 e. The minimum atomic E-state index is -2.90. The molecule has 4 heteroatoms. The van der Waals surface area contributed by atoms with E-state index in [0.29, 0.717) is 0 Å². The molecular formula is C6H9ClO2S. The van der Waals surface area contributed by atoms with Gasteiger partial charge in [0.1, 0.15) is 4.71 Å². The van der Waals surface area contributed by atoms with Crippen LogP contribution >= 0.6 is 11.6 Å². The van der Waals surface area contributed by atoms with Crippen LogP contribution in [0.2, 0.25) is 0 Å². The van der Waals surface area contributed by atoms with Gasteiger partial charge in [-0.05, 0) is 25.2 Å². The Morgan fingerprint density at radius 3 is 2.30 bits per heavy atom. The third-order valence-electron chi connectivity index (χ3n) is 2.57. The van der Waals surface area contributed by atoms with Gasteiger partial charge in [0.15, 0.2) is 9.84 Å². The number of fused-ring (bicyclic) bond motifs is 2. The van der Waals surface area contributed by atoms with E-state index < -0.39 is 14.5 Å². The normalized spacial score (nSPS) is 49.9. The van der Waals surface area contributed by atoms with Crippen molar-refractivity contribution in [3.8, 4) is 0 Å². The van der Waals surface area contributed by atoms with E-state index in [1.54, 1.807) is 0 Å². The zero-order valence-electron chi connectivity index (χ0n) is 5.46. The van der Waals surface area contributed by atoms with Crippen LogP contribution in [-0.4, -0.2) is 18.4 Å². The van der Waals surface area contributed by atoms with Crippen LogP contribution in [0.5, 0.6) is 0 Å². The monoisotopic (exact) mass is 180 g/mol. The molecule has 1 saturated carbocycles. The van der Waals surface area contributed by atoms with Crippen molar-refractivity contribution in [2.75, 3.05) is 0 Å². The lowest BCUT2D eigenvalue weighted by Gasteiger charge is -2.14. The first-order valence-electron chi connectivity index (χ1n) is 3.49. The summed E-state index contributed by atoms with van der Waals surface area (Å²) in [5, 5.41) is -0.0972. The first-order chi connectivity index (χ1) is 4.62. The largest absolute Gasteiger partial charge is 0.227 e. The zero-order chi connectivity index (χ0) is 7.35. The van der Waals surface area contributed by atoms with E-state index in [1.165, 1.54) is 0 Å². The molecule has 1 aliphatic heterocycles. The summed E-state index contributed by atoms with van der Waals surface area (Å²) >= 11 is 5.71. The lowest BCUT2D eigenvalue weighted by Crippen LogP contribution is -2.24. The van der Waals surface area contributed by atoms with Gasteiger partial charge in [0.25, 0.3) is 0 Å². The van der Waals surface area contributed by atoms with E-state index >= 15 is 0 Å². The molecule has 0 aromatic heterocycles. The fraction of sp³-hybridized carbons (Fsp3) is 1.00.